The number of allylic oxidation sites excluding steroid dienone is 2. The van der Waals surface area contributed by atoms with Crippen molar-refractivity contribution < 1.29 is 19.5 Å². The summed E-state index contributed by atoms with van der Waals surface area (Å²) in [6.07, 6.45) is 6.82. The quantitative estimate of drug-likeness (QED) is 0.610. The van der Waals surface area contributed by atoms with E-state index in [1.165, 1.54) is 4.90 Å². The van der Waals surface area contributed by atoms with Gasteiger partial charge in [-0.15, -0.1) is 0 Å². The lowest BCUT2D eigenvalue weighted by Crippen LogP contribution is -2.43. The number of nitrogens with zero attached hydrogens (tertiary/aromatic N) is 1. The molecule has 2 fully saturated rings. The normalized spacial score (nSPS) is 31.5. The number of rotatable bonds is 4. The molecular weight excluding hydrogens is 246 g/mol. The summed E-state index contributed by atoms with van der Waals surface area (Å²) in [5, 5.41) is 8.99. The molecule has 0 bridgehead atoms. The summed E-state index contributed by atoms with van der Waals surface area (Å²) in [4.78, 5) is 37.0. The first-order chi connectivity index (χ1) is 9.09. The number of carbonyl (C=O) groups excluding carboxylic acids is 2. The maximum atomic E-state index is 12.4. The van der Waals surface area contributed by atoms with Gasteiger partial charge < -0.3 is 5.11 Å². The minimum atomic E-state index is -0.939. The van der Waals surface area contributed by atoms with E-state index in [4.69, 9.17) is 5.11 Å². The van der Waals surface area contributed by atoms with Crippen molar-refractivity contribution in [1.82, 2.24) is 4.90 Å². The zero-order chi connectivity index (χ0) is 13.6. The molecule has 1 heterocycles. The molecule has 0 aromatic rings. The van der Waals surface area contributed by atoms with E-state index in [0.29, 0.717) is 12.8 Å². The monoisotopic (exact) mass is 263 g/mol. The Kier molecular flexibility index (Phi) is 2.92. The van der Waals surface area contributed by atoms with Crippen molar-refractivity contribution in [2.24, 2.45) is 17.8 Å². The molecule has 19 heavy (non-hydrogen) atoms. The number of amides is 2. The average molecular weight is 263 g/mol. The summed E-state index contributed by atoms with van der Waals surface area (Å²) in [7, 11) is 0. The Balaban J connectivity index is 1.85. The first-order valence-corrected chi connectivity index (χ1v) is 6.83. The molecule has 0 aromatic carbocycles. The number of carboxylic acids is 1. The fraction of sp³-hybridized carbons (Fsp3) is 0.643. The lowest BCUT2D eigenvalue weighted by molar-refractivity contribution is -0.146. The number of hydrogen-bond donors (Lipinski definition) is 1. The molecule has 1 aliphatic heterocycles. The second-order valence-electron chi connectivity index (χ2n) is 5.70. The van der Waals surface area contributed by atoms with Gasteiger partial charge in [-0.05, 0) is 31.6 Å². The van der Waals surface area contributed by atoms with E-state index in [9.17, 15) is 14.4 Å². The fourth-order valence-corrected chi connectivity index (χ4v) is 3.28. The van der Waals surface area contributed by atoms with Gasteiger partial charge in [0.05, 0.1) is 24.3 Å². The predicted molar refractivity (Wildman–Crippen MR) is 66.0 cm³/mol. The van der Waals surface area contributed by atoms with Crippen LogP contribution in [0.15, 0.2) is 12.2 Å². The summed E-state index contributed by atoms with van der Waals surface area (Å²) in [6, 6.07) is -0.428. The van der Waals surface area contributed by atoms with Gasteiger partial charge in [0.1, 0.15) is 0 Å². The lowest BCUT2D eigenvalue weighted by Gasteiger charge is -2.25. The number of fused-ring (bicyclic) bond motifs is 1. The van der Waals surface area contributed by atoms with Crippen LogP contribution in [0.2, 0.25) is 0 Å². The maximum absolute atomic E-state index is 12.4. The number of hydrogen-bond acceptors (Lipinski definition) is 3. The highest BCUT2D eigenvalue weighted by molar-refractivity contribution is 6.06. The predicted octanol–water partition coefficient (Wildman–Crippen LogP) is 1.19. The minimum absolute atomic E-state index is 0.116. The largest absolute Gasteiger partial charge is 0.481 e. The molecule has 2 aliphatic carbocycles. The summed E-state index contributed by atoms with van der Waals surface area (Å²) < 4.78 is 0. The number of carbonyl (C=O) groups is 3. The van der Waals surface area contributed by atoms with Crippen LogP contribution in [-0.4, -0.2) is 33.8 Å². The van der Waals surface area contributed by atoms with Gasteiger partial charge in [-0.3, -0.25) is 19.3 Å². The molecule has 5 nitrogen and oxygen atoms in total. The topological polar surface area (TPSA) is 74.7 Å². The van der Waals surface area contributed by atoms with Gasteiger partial charge in [0.15, 0.2) is 0 Å². The van der Waals surface area contributed by atoms with E-state index in [0.717, 1.165) is 12.8 Å². The van der Waals surface area contributed by atoms with Crippen molar-refractivity contribution in [3.63, 3.8) is 0 Å². The van der Waals surface area contributed by atoms with Crippen molar-refractivity contribution in [3.8, 4) is 0 Å². The molecule has 1 unspecified atom stereocenters. The summed E-state index contributed by atoms with van der Waals surface area (Å²) in [5.74, 6) is -1.57. The van der Waals surface area contributed by atoms with Crippen molar-refractivity contribution in [3.05, 3.63) is 12.2 Å². The highest BCUT2D eigenvalue weighted by Gasteiger charge is 2.52. The van der Waals surface area contributed by atoms with Crippen molar-refractivity contribution in [2.75, 3.05) is 0 Å². The molecule has 1 saturated carbocycles. The summed E-state index contributed by atoms with van der Waals surface area (Å²) >= 11 is 0. The average Bonchev–Trinajstić information content (AvgIpc) is 3.18. The number of likely N-dealkylation sites (tertiary alicyclic amines) is 1. The van der Waals surface area contributed by atoms with Gasteiger partial charge in [0, 0.05) is 0 Å². The van der Waals surface area contributed by atoms with E-state index in [-0.39, 0.29) is 36.0 Å². The molecule has 5 heteroatoms. The zero-order valence-corrected chi connectivity index (χ0v) is 10.6. The molecule has 3 aliphatic rings. The summed E-state index contributed by atoms with van der Waals surface area (Å²) in [6.45, 7) is 0. The molecule has 102 valence electrons. The van der Waals surface area contributed by atoms with E-state index in [1.54, 1.807) is 0 Å². The zero-order valence-electron chi connectivity index (χ0n) is 10.6. The van der Waals surface area contributed by atoms with E-state index in [1.807, 2.05) is 12.2 Å². The van der Waals surface area contributed by atoms with Gasteiger partial charge in [0.25, 0.3) is 0 Å². The Morgan fingerprint density at radius 1 is 1.21 bits per heavy atom. The summed E-state index contributed by atoms with van der Waals surface area (Å²) in [5.41, 5.74) is 0. The second kappa shape index (κ2) is 4.47. The molecule has 3 atom stereocenters. The van der Waals surface area contributed by atoms with Crippen LogP contribution in [0.25, 0.3) is 0 Å². The fourth-order valence-electron chi connectivity index (χ4n) is 3.28. The third kappa shape index (κ3) is 2.07. The van der Waals surface area contributed by atoms with Crippen LogP contribution in [0.3, 0.4) is 0 Å². The molecule has 0 aromatic heterocycles. The highest BCUT2D eigenvalue weighted by atomic mass is 16.4. The molecule has 2 amide bonds. The first kappa shape index (κ1) is 12.4. The van der Waals surface area contributed by atoms with Gasteiger partial charge in [-0.2, -0.15) is 0 Å². The van der Waals surface area contributed by atoms with Crippen molar-refractivity contribution in [1.29, 1.82) is 0 Å². The molecule has 0 spiro atoms. The maximum Gasteiger partial charge on any atom is 0.305 e. The molecule has 3 rings (SSSR count). The Bertz CT molecular complexity index is 440. The van der Waals surface area contributed by atoms with Crippen LogP contribution in [-0.2, 0) is 14.4 Å². The number of imide groups is 1. The molecule has 0 radical (unpaired) electrons. The minimum Gasteiger partial charge on any atom is -0.481 e. The Morgan fingerprint density at radius 2 is 1.74 bits per heavy atom. The lowest BCUT2D eigenvalue weighted by atomic mass is 9.85. The smallest absolute Gasteiger partial charge is 0.305 e. The number of aliphatic carboxylic acids is 1. The van der Waals surface area contributed by atoms with Crippen LogP contribution in [0.5, 0.6) is 0 Å². The van der Waals surface area contributed by atoms with Gasteiger partial charge in [0.2, 0.25) is 11.8 Å². The van der Waals surface area contributed by atoms with Crippen LogP contribution in [0, 0.1) is 17.8 Å². The molecule has 1 N–H and O–H groups in total. The van der Waals surface area contributed by atoms with E-state index in [2.05, 4.69) is 0 Å². The molecular formula is C14H17NO4. The van der Waals surface area contributed by atoms with E-state index >= 15 is 0 Å². The Morgan fingerprint density at radius 3 is 2.16 bits per heavy atom. The highest BCUT2D eigenvalue weighted by Crippen LogP contribution is 2.43. The van der Waals surface area contributed by atoms with E-state index < -0.39 is 12.0 Å². The van der Waals surface area contributed by atoms with Crippen molar-refractivity contribution in [2.45, 2.75) is 38.1 Å². The van der Waals surface area contributed by atoms with Crippen LogP contribution in [0.4, 0.5) is 0 Å². The Hall–Kier alpha value is -1.65. The van der Waals surface area contributed by atoms with Crippen molar-refractivity contribution >= 4 is 17.8 Å². The van der Waals surface area contributed by atoms with Crippen LogP contribution < -0.4 is 0 Å². The van der Waals surface area contributed by atoms with Crippen LogP contribution >= 0.6 is 0 Å². The first-order valence-electron chi connectivity index (χ1n) is 6.83. The third-order valence-corrected chi connectivity index (χ3v) is 4.42. The second-order valence-corrected chi connectivity index (χ2v) is 5.70. The Labute approximate surface area is 111 Å². The third-order valence-electron chi connectivity index (χ3n) is 4.42. The van der Waals surface area contributed by atoms with Gasteiger partial charge in [-0.25, -0.2) is 0 Å². The number of carboxylic acid groups (broad SMARTS) is 1. The standard InChI is InChI=1S/C14H17NO4/c16-12(17)7-11(8-5-6-8)15-13(18)9-3-1-2-4-10(9)14(15)19/h1-2,8-11H,3-7H2,(H,16,17)/t9-,10+,11?. The van der Waals surface area contributed by atoms with Gasteiger partial charge >= 0.3 is 5.97 Å². The SMILES string of the molecule is O=C(O)CC(C1CC1)N1C(=O)[C@H]2CC=CC[C@H]2C1=O. The molecule has 1 saturated heterocycles. The van der Waals surface area contributed by atoms with Gasteiger partial charge in [-0.1, -0.05) is 12.2 Å². The van der Waals surface area contributed by atoms with Crippen LogP contribution in [0.1, 0.15) is 32.1 Å².